The molecule has 2 heterocycles. The van der Waals surface area contributed by atoms with Gasteiger partial charge < -0.3 is 24.3 Å². The van der Waals surface area contributed by atoms with Gasteiger partial charge in [-0.2, -0.15) is 13.2 Å². The van der Waals surface area contributed by atoms with Crippen LogP contribution in [0.3, 0.4) is 0 Å². The number of amides is 1. The molecule has 0 atom stereocenters. The average Bonchev–Trinajstić information content (AvgIpc) is 3.26. The largest absolute Gasteiger partial charge is 0.493 e. The first-order chi connectivity index (χ1) is 19.4. The van der Waals surface area contributed by atoms with Gasteiger partial charge in [-0.15, -0.1) is 11.3 Å². The van der Waals surface area contributed by atoms with Gasteiger partial charge in [0, 0.05) is 5.56 Å². The minimum absolute atomic E-state index is 0.00990. The number of anilines is 1. The predicted octanol–water partition coefficient (Wildman–Crippen LogP) is 5.63. The molecule has 41 heavy (non-hydrogen) atoms. The summed E-state index contributed by atoms with van der Waals surface area (Å²) in [4.78, 5) is 45.6. The zero-order valence-corrected chi connectivity index (χ0v) is 24.3. The number of nitrogens with one attached hydrogen (secondary N) is 1. The van der Waals surface area contributed by atoms with Crippen molar-refractivity contribution in [2.24, 2.45) is 0 Å². The second-order valence-corrected chi connectivity index (χ2v) is 9.99. The summed E-state index contributed by atoms with van der Waals surface area (Å²) in [6.45, 7) is 4.91. The van der Waals surface area contributed by atoms with Crippen LogP contribution in [0.5, 0.6) is 11.5 Å². The van der Waals surface area contributed by atoms with Crippen molar-refractivity contribution in [3.63, 3.8) is 0 Å². The Bertz CT molecular complexity index is 1440. The van der Waals surface area contributed by atoms with E-state index in [1.165, 1.54) is 39.3 Å². The molecule has 0 saturated carbocycles. The fourth-order valence-corrected chi connectivity index (χ4v) is 5.28. The summed E-state index contributed by atoms with van der Waals surface area (Å²) in [6, 6.07) is 5.31. The van der Waals surface area contributed by atoms with Crippen LogP contribution in [0.15, 0.2) is 29.4 Å². The molecule has 220 valence electrons. The van der Waals surface area contributed by atoms with Crippen molar-refractivity contribution in [3.05, 3.63) is 46.0 Å². The fourth-order valence-electron chi connectivity index (χ4n) is 3.51. The zero-order chi connectivity index (χ0) is 30.3. The summed E-state index contributed by atoms with van der Waals surface area (Å²) in [5, 5.41) is 2.28. The average molecular weight is 614 g/mol. The molecular weight excluding hydrogens is 587 g/mol. The third-order valence-corrected chi connectivity index (χ3v) is 7.38. The second-order valence-electron chi connectivity index (χ2n) is 8.03. The lowest BCUT2D eigenvalue weighted by Crippen LogP contribution is -2.17. The number of halogens is 3. The third kappa shape index (κ3) is 7.67. The van der Waals surface area contributed by atoms with Crippen molar-refractivity contribution in [2.45, 2.75) is 32.1 Å². The SMILES string of the molecule is CCOC(=O)c1sc(NC(=O)CSc2nc(-c3ccc(OC)c(OC)c3)cc(C(F)(F)F)n2)c(C(=O)OCC)c1C. The van der Waals surface area contributed by atoms with Crippen LogP contribution in [0.1, 0.15) is 45.1 Å². The van der Waals surface area contributed by atoms with Gasteiger partial charge in [0.2, 0.25) is 5.91 Å². The lowest BCUT2D eigenvalue weighted by molar-refractivity contribution is -0.141. The van der Waals surface area contributed by atoms with Crippen LogP contribution in [0.4, 0.5) is 18.2 Å². The number of benzene rings is 1. The highest BCUT2D eigenvalue weighted by molar-refractivity contribution is 7.99. The summed E-state index contributed by atoms with van der Waals surface area (Å²) in [6.07, 6.45) is -4.78. The van der Waals surface area contributed by atoms with E-state index < -0.39 is 35.5 Å². The van der Waals surface area contributed by atoms with E-state index in [1.807, 2.05) is 0 Å². The molecular formula is C26H26F3N3O7S2. The standard InChI is InChI=1S/C26H26F3N3O7S2/c1-6-38-23(34)20-13(3)21(24(35)39-7-2)41-22(20)32-19(33)12-40-25-30-15(11-18(31-25)26(27,28)29)14-8-9-16(36-4)17(10-14)37-5/h8-11H,6-7,12H2,1-5H3,(H,32,33). The number of methoxy groups -OCH3 is 2. The first-order valence-corrected chi connectivity index (χ1v) is 13.8. The molecule has 1 amide bonds. The monoisotopic (exact) mass is 613 g/mol. The summed E-state index contributed by atoms with van der Waals surface area (Å²) in [5.41, 5.74) is -0.673. The zero-order valence-electron chi connectivity index (χ0n) is 22.6. The Morgan fingerprint density at radius 3 is 2.24 bits per heavy atom. The summed E-state index contributed by atoms with van der Waals surface area (Å²) in [5.74, 6) is -1.83. The number of hydrogen-bond donors (Lipinski definition) is 1. The Hall–Kier alpha value is -3.85. The number of carbonyl (C=O) groups is 3. The van der Waals surface area contributed by atoms with Crippen molar-refractivity contribution >= 4 is 45.9 Å². The number of rotatable bonds is 11. The van der Waals surface area contributed by atoms with Gasteiger partial charge in [0.25, 0.3) is 0 Å². The number of nitrogens with zero attached hydrogens (tertiary/aromatic N) is 2. The predicted molar refractivity (Wildman–Crippen MR) is 146 cm³/mol. The van der Waals surface area contributed by atoms with Crippen LogP contribution in [0, 0.1) is 6.92 Å². The molecule has 0 radical (unpaired) electrons. The van der Waals surface area contributed by atoms with E-state index in [9.17, 15) is 27.6 Å². The van der Waals surface area contributed by atoms with Crippen molar-refractivity contribution in [2.75, 3.05) is 38.5 Å². The molecule has 1 aromatic carbocycles. The van der Waals surface area contributed by atoms with E-state index in [1.54, 1.807) is 13.8 Å². The minimum Gasteiger partial charge on any atom is -0.493 e. The van der Waals surface area contributed by atoms with Crippen molar-refractivity contribution in [1.82, 2.24) is 9.97 Å². The molecule has 0 unspecified atom stereocenters. The van der Waals surface area contributed by atoms with Gasteiger partial charge in [-0.25, -0.2) is 19.6 Å². The van der Waals surface area contributed by atoms with E-state index in [4.69, 9.17) is 18.9 Å². The second kappa shape index (κ2) is 13.7. The van der Waals surface area contributed by atoms with Crippen LogP contribution < -0.4 is 14.8 Å². The van der Waals surface area contributed by atoms with Gasteiger partial charge in [0.15, 0.2) is 16.7 Å². The number of esters is 2. The van der Waals surface area contributed by atoms with Gasteiger partial charge in [-0.05, 0) is 50.6 Å². The molecule has 2 aromatic heterocycles. The van der Waals surface area contributed by atoms with E-state index in [2.05, 4.69) is 15.3 Å². The van der Waals surface area contributed by atoms with Crippen LogP contribution >= 0.6 is 23.1 Å². The molecule has 0 bridgehead atoms. The number of ether oxygens (including phenoxy) is 4. The Labute approximate surface area is 241 Å². The highest BCUT2D eigenvalue weighted by atomic mass is 32.2. The fraction of sp³-hybridized carbons (Fsp3) is 0.346. The van der Waals surface area contributed by atoms with Crippen molar-refractivity contribution in [1.29, 1.82) is 0 Å². The molecule has 10 nitrogen and oxygen atoms in total. The maximum Gasteiger partial charge on any atom is 0.433 e. The third-order valence-electron chi connectivity index (χ3n) is 5.35. The van der Waals surface area contributed by atoms with Crippen LogP contribution in [0.2, 0.25) is 0 Å². The van der Waals surface area contributed by atoms with Crippen molar-refractivity contribution < 1.29 is 46.5 Å². The number of aromatic nitrogens is 2. The Kier molecular flexibility index (Phi) is 10.6. The molecule has 1 N–H and O–H groups in total. The first-order valence-electron chi connectivity index (χ1n) is 12.0. The molecule has 0 saturated heterocycles. The highest BCUT2D eigenvalue weighted by Crippen LogP contribution is 2.37. The molecule has 3 rings (SSSR count). The van der Waals surface area contributed by atoms with Crippen molar-refractivity contribution in [3.8, 4) is 22.8 Å². The van der Waals surface area contributed by atoms with Gasteiger partial charge in [0.05, 0.1) is 44.4 Å². The molecule has 0 aliphatic rings. The number of carbonyl (C=O) groups excluding carboxylic acids is 3. The van der Waals surface area contributed by atoms with Gasteiger partial charge in [0.1, 0.15) is 15.6 Å². The van der Waals surface area contributed by atoms with Gasteiger partial charge >= 0.3 is 18.1 Å². The van der Waals surface area contributed by atoms with Crippen LogP contribution in [-0.4, -0.2) is 61.0 Å². The summed E-state index contributed by atoms with van der Waals surface area (Å²) < 4.78 is 61.4. The molecule has 0 spiro atoms. The van der Waals surface area contributed by atoms with E-state index in [0.717, 1.165) is 17.4 Å². The first kappa shape index (κ1) is 31.7. The minimum atomic E-state index is -4.78. The number of alkyl halides is 3. The summed E-state index contributed by atoms with van der Waals surface area (Å²) in [7, 11) is 2.81. The topological polar surface area (TPSA) is 126 Å². The number of hydrogen-bond acceptors (Lipinski definition) is 11. The molecule has 0 aliphatic heterocycles. The normalized spacial score (nSPS) is 11.1. The highest BCUT2D eigenvalue weighted by Gasteiger charge is 2.34. The van der Waals surface area contributed by atoms with E-state index >= 15 is 0 Å². The van der Waals surface area contributed by atoms with Crippen LogP contribution in [-0.2, 0) is 20.4 Å². The van der Waals surface area contributed by atoms with Gasteiger partial charge in [-0.3, -0.25) is 4.79 Å². The number of thioether (sulfide) groups is 1. The lowest BCUT2D eigenvalue weighted by Gasteiger charge is -2.12. The Morgan fingerprint density at radius 1 is 0.976 bits per heavy atom. The lowest BCUT2D eigenvalue weighted by atomic mass is 10.1. The van der Waals surface area contributed by atoms with Gasteiger partial charge in [-0.1, -0.05) is 11.8 Å². The molecule has 3 aromatic rings. The Morgan fingerprint density at radius 2 is 1.63 bits per heavy atom. The number of thiophene rings is 1. The molecule has 0 aliphatic carbocycles. The smallest absolute Gasteiger partial charge is 0.433 e. The molecule has 0 fully saturated rings. The van der Waals surface area contributed by atoms with E-state index in [-0.39, 0.29) is 50.8 Å². The maximum absolute atomic E-state index is 13.7. The maximum atomic E-state index is 13.7. The summed E-state index contributed by atoms with van der Waals surface area (Å²) >= 11 is 1.49. The van der Waals surface area contributed by atoms with Crippen LogP contribution in [0.25, 0.3) is 11.3 Å². The van der Waals surface area contributed by atoms with E-state index in [0.29, 0.717) is 23.1 Å². The molecule has 15 heteroatoms. The Balaban J connectivity index is 1.89. The quantitative estimate of drug-likeness (QED) is 0.165.